The lowest BCUT2D eigenvalue weighted by molar-refractivity contribution is -0.134. The number of oxazole rings is 1. The number of fused-ring (bicyclic) bond motifs is 1. The van der Waals surface area contributed by atoms with Gasteiger partial charge in [0.1, 0.15) is 0 Å². The molecule has 1 aromatic heterocycles. The molecule has 4 aromatic rings. The van der Waals surface area contributed by atoms with Gasteiger partial charge in [-0.3, -0.25) is 14.2 Å². The van der Waals surface area contributed by atoms with E-state index < -0.39 is 5.76 Å². The van der Waals surface area contributed by atoms with Crippen LogP contribution in [-0.2, 0) is 22.7 Å². The van der Waals surface area contributed by atoms with E-state index in [1.807, 2.05) is 84.6 Å². The predicted molar refractivity (Wildman–Crippen MR) is 136 cm³/mol. The molecule has 7 nitrogen and oxygen atoms in total. The van der Waals surface area contributed by atoms with Gasteiger partial charge < -0.3 is 14.6 Å². The number of carbonyl (C=O) groups is 2. The molecule has 0 saturated heterocycles. The second-order valence-corrected chi connectivity index (χ2v) is 8.58. The highest BCUT2D eigenvalue weighted by molar-refractivity contribution is 5.88. The molecule has 7 heteroatoms. The largest absolute Gasteiger partial charge is 0.419 e. The van der Waals surface area contributed by atoms with E-state index >= 15 is 0 Å². The van der Waals surface area contributed by atoms with Crippen molar-refractivity contribution >= 4 is 28.6 Å². The fraction of sp³-hybridized carbons (Fsp3) is 0.250. The number of para-hydroxylation sites is 2. The van der Waals surface area contributed by atoms with Gasteiger partial charge in [0.05, 0.1) is 11.6 Å². The zero-order valence-corrected chi connectivity index (χ0v) is 19.9. The van der Waals surface area contributed by atoms with Gasteiger partial charge in [0.2, 0.25) is 11.8 Å². The Balaban J connectivity index is 1.51. The third kappa shape index (κ3) is 5.87. The Bertz CT molecular complexity index is 1370. The normalized spacial score (nSPS) is 11.8. The van der Waals surface area contributed by atoms with Crippen LogP contribution in [0.5, 0.6) is 0 Å². The van der Waals surface area contributed by atoms with Crippen LogP contribution in [0.3, 0.4) is 0 Å². The maximum atomic E-state index is 13.4. The molecule has 1 N–H and O–H groups in total. The van der Waals surface area contributed by atoms with Crippen molar-refractivity contribution in [3.8, 4) is 0 Å². The number of nitrogens with one attached hydrogen (secondary N) is 1. The summed E-state index contributed by atoms with van der Waals surface area (Å²) in [7, 11) is 0. The number of benzene rings is 3. The quantitative estimate of drug-likeness (QED) is 0.367. The number of hydrogen-bond acceptors (Lipinski definition) is 4. The molecule has 180 valence electrons. The minimum atomic E-state index is -0.414. The Kier molecular flexibility index (Phi) is 7.45. The maximum absolute atomic E-state index is 13.4. The van der Waals surface area contributed by atoms with Crippen molar-refractivity contribution in [1.82, 2.24) is 9.47 Å². The van der Waals surface area contributed by atoms with Crippen molar-refractivity contribution in [3.05, 3.63) is 101 Å². The number of hydrogen-bond donors (Lipinski definition) is 1. The van der Waals surface area contributed by atoms with E-state index in [1.165, 1.54) is 6.92 Å². The Labute approximate surface area is 204 Å². The molecule has 0 aliphatic rings. The highest BCUT2D eigenvalue weighted by atomic mass is 16.4. The summed E-state index contributed by atoms with van der Waals surface area (Å²) in [6.45, 7) is 4.31. The topological polar surface area (TPSA) is 84.5 Å². The lowest BCUT2D eigenvalue weighted by Crippen LogP contribution is -2.33. The minimum absolute atomic E-state index is 0.00728. The average molecular weight is 472 g/mol. The molecular formula is C28H29N3O4. The first-order valence-electron chi connectivity index (χ1n) is 11.7. The Morgan fingerprint density at radius 2 is 1.74 bits per heavy atom. The van der Waals surface area contributed by atoms with Gasteiger partial charge in [0.25, 0.3) is 0 Å². The van der Waals surface area contributed by atoms with Crippen LogP contribution in [0.25, 0.3) is 11.1 Å². The number of nitrogens with zero attached hydrogens (tertiary/aromatic N) is 2. The number of aromatic nitrogens is 1. The van der Waals surface area contributed by atoms with Gasteiger partial charge in [-0.25, -0.2) is 4.79 Å². The van der Waals surface area contributed by atoms with E-state index in [2.05, 4.69) is 5.32 Å². The van der Waals surface area contributed by atoms with Gasteiger partial charge in [-0.1, -0.05) is 54.6 Å². The smallest absolute Gasteiger partial charge is 0.408 e. The molecule has 0 aliphatic carbocycles. The lowest BCUT2D eigenvalue weighted by atomic mass is 10.0. The summed E-state index contributed by atoms with van der Waals surface area (Å²) in [5.74, 6) is -0.566. The van der Waals surface area contributed by atoms with E-state index in [4.69, 9.17) is 4.42 Å². The van der Waals surface area contributed by atoms with Crippen LogP contribution in [-0.4, -0.2) is 21.3 Å². The molecule has 35 heavy (non-hydrogen) atoms. The number of amides is 2. The van der Waals surface area contributed by atoms with Gasteiger partial charge in [0, 0.05) is 32.1 Å². The molecule has 0 aliphatic heterocycles. The van der Waals surface area contributed by atoms with Gasteiger partial charge >= 0.3 is 5.76 Å². The van der Waals surface area contributed by atoms with Gasteiger partial charge in [-0.15, -0.1) is 0 Å². The molecule has 0 radical (unpaired) electrons. The van der Waals surface area contributed by atoms with Crippen molar-refractivity contribution in [2.45, 2.75) is 45.8 Å². The molecule has 3 aromatic carbocycles. The van der Waals surface area contributed by atoms with Crippen LogP contribution >= 0.6 is 0 Å². The van der Waals surface area contributed by atoms with E-state index in [9.17, 15) is 14.4 Å². The average Bonchev–Trinajstić information content (AvgIpc) is 3.17. The molecule has 0 bridgehead atoms. The first kappa shape index (κ1) is 24.0. The van der Waals surface area contributed by atoms with Gasteiger partial charge in [-0.05, 0) is 48.7 Å². The molecule has 2 amide bonds. The Morgan fingerprint density at radius 1 is 1.00 bits per heavy atom. The summed E-state index contributed by atoms with van der Waals surface area (Å²) in [5, 5.41) is 2.80. The van der Waals surface area contributed by atoms with Crippen LogP contribution in [0, 0.1) is 0 Å². The highest BCUT2D eigenvalue weighted by Gasteiger charge is 2.22. The number of rotatable bonds is 9. The predicted octanol–water partition coefficient (Wildman–Crippen LogP) is 5.12. The van der Waals surface area contributed by atoms with Gasteiger partial charge in [-0.2, -0.15) is 0 Å². The van der Waals surface area contributed by atoms with Crippen molar-refractivity contribution in [2.24, 2.45) is 0 Å². The van der Waals surface area contributed by atoms with E-state index in [-0.39, 0.29) is 24.3 Å². The van der Waals surface area contributed by atoms with Crippen LogP contribution in [0.4, 0.5) is 5.69 Å². The molecular weight excluding hydrogens is 442 g/mol. The Morgan fingerprint density at radius 3 is 2.51 bits per heavy atom. The van der Waals surface area contributed by atoms with E-state index in [0.29, 0.717) is 30.8 Å². The molecule has 1 unspecified atom stereocenters. The zero-order valence-electron chi connectivity index (χ0n) is 19.9. The fourth-order valence-electron chi connectivity index (χ4n) is 4.24. The van der Waals surface area contributed by atoms with Crippen molar-refractivity contribution in [1.29, 1.82) is 0 Å². The third-order valence-electron chi connectivity index (χ3n) is 6.02. The highest BCUT2D eigenvalue weighted by Crippen LogP contribution is 2.26. The number of carbonyl (C=O) groups excluding carboxylic acids is 2. The summed E-state index contributed by atoms with van der Waals surface area (Å²) < 4.78 is 6.87. The molecule has 1 heterocycles. The molecule has 0 fully saturated rings. The van der Waals surface area contributed by atoms with Crippen LogP contribution in [0.2, 0.25) is 0 Å². The zero-order chi connectivity index (χ0) is 24.8. The summed E-state index contributed by atoms with van der Waals surface area (Å²) >= 11 is 0. The monoisotopic (exact) mass is 471 g/mol. The third-order valence-corrected chi connectivity index (χ3v) is 6.02. The SMILES string of the molecule is CC(=O)Nc1cccc(C(C)N(Cc2ccccc2)C(=O)CCCn2c(=O)oc3ccccc32)c1. The van der Waals surface area contributed by atoms with E-state index in [1.54, 1.807) is 10.6 Å². The first-order valence-corrected chi connectivity index (χ1v) is 11.7. The Hall–Kier alpha value is -4.13. The summed E-state index contributed by atoms with van der Waals surface area (Å²) in [4.78, 5) is 39.0. The molecule has 0 saturated carbocycles. The van der Waals surface area contributed by atoms with Crippen LogP contribution in [0.15, 0.2) is 88.1 Å². The van der Waals surface area contributed by atoms with Gasteiger partial charge in [0.15, 0.2) is 5.58 Å². The number of anilines is 1. The van der Waals surface area contributed by atoms with E-state index in [0.717, 1.165) is 16.6 Å². The maximum Gasteiger partial charge on any atom is 0.419 e. The summed E-state index contributed by atoms with van der Waals surface area (Å²) in [6, 6.07) is 24.5. The second-order valence-electron chi connectivity index (χ2n) is 8.58. The van der Waals surface area contributed by atoms with Crippen molar-refractivity contribution < 1.29 is 14.0 Å². The lowest BCUT2D eigenvalue weighted by Gasteiger charge is -2.30. The molecule has 1 atom stereocenters. The standard InChI is InChI=1S/C28H29N3O4/c1-20(23-12-8-13-24(18-23)29-21(2)32)31(19-22-10-4-3-5-11-22)27(33)16-9-17-30-25-14-6-7-15-26(25)35-28(30)34/h3-8,10-15,18,20H,9,16-17,19H2,1-2H3,(H,29,32). The van der Waals surface area contributed by atoms with Crippen LogP contribution in [0.1, 0.15) is 43.9 Å². The summed E-state index contributed by atoms with van der Waals surface area (Å²) in [5.41, 5.74) is 3.93. The van der Waals surface area contributed by atoms with Crippen molar-refractivity contribution in [3.63, 3.8) is 0 Å². The van der Waals surface area contributed by atoms with Crippen molar-refractivity contribution in [2.75, 3.05) is 5.32 Å². The molecule has 0 spiro atoms. The minimum Gasteiger partial charge on any atom is -0.408 e. The molecule has 4 rings (SSSR count). The number of aryl methyl sites for hydroxylation is 1. The first-order chi connectivity index (χ1) is 16.9. The van der Waals surface area contributed by atoms with Crippen LogP contribution < -0.4 is 11.1 Å². The second kappa shape index (κ2) is 10.9. The fourth-order valence-corrected chi connectivity index (χ4v) is 4.24. The summed E-state index contributed by atoms with van der Waals surface area (Å²) in [6.07, 6.45) is 0.792.